The van der Waals surface area contributed by atoms with E-state index < -0.39 is 8.32 Å². The van der Waals surface area contributed by atoms with E-state index in [2.05, 4.69) is 38.6 Å². The lowest BCUT2D eigenvalue weighted by Crippen LogP contribution is -2.45. The molecule has 102 valence electrons. The highest BCUT2D eigenvalue weighted by Crippen LogP contribution is 2.37. The average molecular weight is 262 g/mol. The second-order valence-electron chi connectivity index (χ2n) is 5.74. The predicted octanol–water partition coefficient (Wildman–Crippen LogP) is 2.59. The van der Waals surface area contributed by atoms with Crippen molar-refractivity contribution in [1.82, 2.24) is 0 Å². The molecule has 0 spiro atoms. The van der Waals surface area contributed by atoms with Gasteiger partial charge in [-0.05, 0) is 18.1 Å². The zero-order valence-electron chi connectivity index (χ0n) is 12.1. The first-order chi connectivity index (χ1) is 7.64. The van der Waals surface area contributed by atoms with Crippen LogP contribution in [0.4, 0.5) is 0 Å². The summed E-state index contributed by atoms with van der Waals surface area (Å²) in [5, 5.41) is 0.120. The third-order valence-electron chi connectivity index (χ3n) is 3.24. The summed E-state index contributed by atoms with van der Waals surface area (Å²) in [5.41, 5.74) is 0. The van der Waals surface area contributed by atoms with Gasteiger partial charge in [0.05, 0.1) is 26.2 Å². The fourth-order valence-electron chi connectivity index (χ4n) is 1.18. The topological polar surface area (TPSA) is 44.8 Å². The van der Waals surface area contributed by atoms with Crippen molar-refractivity contribution < 1.29 is 18.7 Å². The Balaban J connectivity index is 4.58. The molecule has 0 bridgehead atoms. The second-order valence-corrected chi connectivity index (χ2v) is 10.5. The Bertz CT molecular complexity index is 245. The largest absolute Gasteiger partial charge is 0.469 e. The first-order valence-electron chi connectivity index (χ1n) is 5.87. The van der Waals surface area contributed by atoms with Crippen molar-refractivity contribution in [2.45, 2.75) is 51.4 Å². The molecule has 0 radical (unpaired) electrons. The highest BCUT2D eigenvalue weighted by molar-refractivity contribution is 6.74. The molecule has 0 heterocycles. The van der Waals surface area contributed by atoms with E-state index in [0.29, 0.717) is 6.61 Å². The lowest BCUT2D eigenvalue weighted by atomic mass is 10.2. The van der Waals surface area contributed by atoms with Gasteiger partial charge in [0.15, 0.2) is 8.32 Å². The predicted molar refractivity (Wildman–Crippen MR) is 70.6 cm³/mol. The van der Waals surface area contributed by atoms with Gasteiger partial charge in [0.1, 0.15) is 0 Å². The van der Waals surface area contributed by atoms with E-state index in [0.717, 1.165) is 0 Å². The van der Waals surface area contributed by atoms with Gasteiger partial charge in [-0.3, -0.25) is 4.79 Å². The van der Waals surface area contributed by atoms with E-state index in [-0.39, 0.29) is 23.5 Å². The highest BCUT2D eigenvalue weighted by Gasteiger charge is 2.39. The van der Waals surface area contributed by atoms with Crippen molar-refractivity contribution in [2.75, 3.05) is 20.8 Å². The van der Waals surface area contributed by atoms with Gasteiger partial charge < -0.3 is 13.9 Å². The molecule has 4 nitrogen and oxygen atoms in total. The summed E-state index contributed by atoms with van der Waals surface area (Å²) in [6.07, 6.45) is 0.0324. The molecule has 0 N–H and O–H groups in total. The molecule has 0 aromatic carbocycles. The molecule has 0 amide bonds. The van der Waals surface area contributed by atoms with E-state index in [1.165, 1.54) is 7.11 Å². The molecular formula is C12H26O4Si. The standard InChI is InChI=1S/C12H26O4Si/c1-12(2,3)17(6,7)16-10(9-14-4)8-11(13)15-5/h10H,8-9H2,1-7H3. The summed E-state index contributed by atoms with van der Waals surface area (Å²) in [7, 11) is 1.13. The van der Waals surface area contributed by atoms with Crippen LogP contribution in [0.5, 0.6) is 0 Å². The molecule has 0 aliphatic heterocycles. The number of carbonyl (C=O) groups is 1. The SMILES string of the molecule is COCC(CC(=O)OC)O[Si](C)(C)C(C)(C)C. The van der Waals surface area contributed by atoms with E-state index in [1.54, 1.807) is 7.11 Å². The van der Waals surface area contributed by atoms with Crippen molar-refractivity contribution in [2.24, 2.45) is 0 Å². The van der Waals surface area contributed by atoms with Gasteiger partial charge in [-0.25, -0.2) is 0 Å². The summed E-state index contributed by atoms with van der Waals surface area (Å²) in [6.45, 7) is 11.2. The van der Waals surface area contributed by atoms with Gasteiger partial charge in [0.25, 0.3) is 0 Å². The molecule has 0 aliphatic rings. The normalized spacial score (nSPS) is 14.5. The number of hydrogen-bond donors (Lipinski definition) is 0. The lowest BCUT2D eigenvalue weighted by Gasteiger charge is -2.38. The van der Waals surface area contributed by atoms with Crippen LogP contribution in [0.2, 0.25) is 18.1 Å². The summed E-state index contributed by atoms with van der Waals surface area (Å²) >= 11 is 0. The molecule has 0 aromatic heterocycles. The van der Waals surface area contributed by atoms with Crippen molar-refractivity contribution in [1.29, 1.82) is 0 Å². The lowest BCUT2D eigenvalue weighted by molar-refractivity contribution is -0.143. The minimum atomic E-state index is -1.87. The zero-order valence-corrected chi connectivity index (χ0v) is 13.1. The third-order valence-corrected chi connectivity index (χ3v) is 7.78. The van der Waals surface area contributed by atoms with E-state index in [9.17, 15) is 4.79 Å². The van der Waals surface area contributed by atoms with Crippen LogP contribution in [-0.2, 0) is 18.7 Å². The minimum Gasteiger partial charge on any atom is -0.469 e. The number of rotatable bonds is 6. The van der Waals surface area contributed by atoms with Crippen molar-refractivity contribution in [3.8, 4) is 0 Å². The van der Waals surface area contributed by atoms with Crippen LogP contribution in [0.25, 0.3) is 0 Å². The summed E-state index contributed by atoms with van der Waals surface area (Å²) in [6, 6.07) is 0. The Kier molecular flexibility index (Phi) is 6.36. The van der Waals surface area contributed by atoms with Crippen LogP contribution >= 0.6 is 0 Å². The molecule has 0 fully saturated rings. The van der Waals surface area contributed by atoms with Crippen LogP contribution in [0, 0.1) is 0 Å². The molecule has 1 unspecified atom stereocenters. The van der Waals surface area contributed by atoms with Crippen LogP contribution in [0.15, 0.2) is 0 Å². The average Bonchev–Trinajstić information content (AvgIpc) is 2.15. The number of methoxy groups -OCH3 is 2. The second kappa shape index (κ2) is 6.52. The first-order valence-corrected chi connectivity index (χ1v) is 8.78. The number of hydrogen-bond acceptors (Lipinski definition) is 4. The summed E-state index contributed by atoms with van der Waals surface area (Å²) < 4.78 is 15.9. The number of esters is 1. The monoisotopic (exact) mass is 262 g/mol. The van der Waals surface area contributed by atoms with Crippen molar-refractivity contribution >= 4 is 14.3 Å². The Hall–Kier alpha value is -0.393. The highest BCUT2D eigenvalue weighted by atomic mass is 28.4. The molecule has 0 aromatic rings. The van der Waals surface area contributed by atoms with Crippen LogP contribution in [-0.4, -0.2) is 41.2 Å². The van der Waals surface area contributed by atoms with Gasteiger partial charge in [-0.2, -0.15) is 0 Å². The fraction of sp³-hybridized carbons (Fsp3) is 0.917. The van der Waals surface area contributed by atoms with Gasteiger partial charge in [-0.15, -0.1) is 0 Å². The maximum atomic E-state index is 11.3. The maximum absolute atomic E-state index is 11.3. The Morgan fingerprint density at radius 1 is 1.24 bits per heavy atom. The molecule has 0 aliphatic carbocycles. The summed E-state index contributed by atoms with van der Waals surface area (Å²) in [5.74, 6) is -0.259. The minimum absolute atomic E-state index is 0.120. The molecule has 1 atom stereocenters. The Morgan fingerprint density at radius 3 is 2.12 bits per heavy atom. The Labute approximate surface area is 106 Å². The quantitative estimate of drug-likeness (QED) is 0.545. The zero-order chi connectivity index (χ0) is 13.7. The smallest absolute Gasteiger partial charge is 0.308 e. The van der Waals surface area contributed by atoms with E-state index >= 15 is 0 Å². The molecule has 5 heteroatoms. The number of ether oxygens (including phenoxy) is 2. The van der Waals surface area contributed by atoms with Crippen LogP contribution < -0.4 is 0 Å². The maximum Gasteiger partial charge on any atom is 0.308 e. The van der Waals surface area contributed by atoms with Gasteiger partial charge in [0, 0.05) is 7.11 Å². The fourth-order valence-corrected chi connectivity index (χ4v) is 2.52. The third kappa shape index (κ3) is 5.65. The number of carbonyl (C=O) groups excluding carboxylic acids is 1. The Morgan fingerprint density at radius 2 is 1.76 bits per heavy atom. The van der Waals surface area contributed by atoms with E-state index in [1.807, 2.05) is 0 Å². The van der Waals surface area contributed by atoms with Gasteiger partial charge >= 0.3 is 5.97 Å². The molecule has 0 saturated carbocycles. The van der Waals surface area contributed by atoms with Gasteiger partial charge in [0.2, 0.25) is 0 Å². The molecular weight excluding hydrogens is 236 g/mol. The van der Waals surface area contributed by atoms with Crippen molar-refractivity contribution in [3.63, 3.8) is 0 Å². The molecule has 0 saturated heterocycles. The summed E-state index contributed by atoms with van der Waals surface area (Å²) in [4.78, 5) is 11.3. The van der Waals surface area contributed by atoms with Crippen LogP contribution in [0.3, 0.4) is 0 Å². The first kappa shape index (κ1) is 16.6. The molecule has 0 rings (SSSR count). The van der Waals surface area contributed by atoms with Crippen molar-refractivity contribution in [3.05, 3.63) is 0 Å². The van der Waals surface area contributed by atoms with E-state index in [4.69, 9.17) is 9.16 Å². The van der Waals surface area contributed by atoms with Crippen LogP contribution in [0.1, 0.15) is 27.2 Å². The van der Waals surface area contributed by atoms with Gasteiger partial charge in [-0.1, -0.05) is 20.8 Å². The molecule has 17 heavy (non-hydrogen) atoms.